The second kappa shape index (κ2) is 7.26. The Morgan fingerprint density at radius 3 is 2.61 bits per heavy atom. The van der Waals surface area contributed by atoms with E-state index in [1.165, 1.54) is 0 Å². The minimum Gasteiger partial charge on any atom is -0.481 e. The summed E-state index contributed by atoms with van der Waals surface area (Å²) in [6.45, 7) is 2.62. The van der Waals surface area contributed by atoms with Gasteiger partial charge in [0.1, 0.15) is 5.54 Å². The van der Waals surface area contributed by atoms with Crippen molar-refractivity contribution < 1.29 is 19.5 Å². The summed E-state index contributed by atoms with van der Waals surface area (Å²) in [5, 5.41) is 11.4. The molecule has 1 aromatic rings. The molecule has 1 saturated heterocycles. The smallest absolute Gasteiger partial charge is 0.303 e. The molecule has 0 aliphatic carbocycles. The van der Waals surface area contributed by atoms with Crippen molar-refractivity contribution in [3.05, 3.63) is 35.9 Å². The normalized spacial score (nSPS) is 20.3. The summed E-state index contributed by atoms with van der Waals surface area (Å²) in [6, 6.07) is 8.92. The Morgan fingerprint density at radius 2 is 1.96 bits per heavy atom. The maximum atomic E-state index is 12.7. The number of carboxylic acids is 1. The predicted octanol–water partition coefficient (Wildman–Crippen LogP) is 1.66. The quantitative estimate of drug-likeness (QED) is 0.781. The van der Waals surface area contributed by atoms with Crippen LogP contribution in [-0.2, 0) is 9.59 Å². The number of nitrogens with one attached hydrogen (secondary N) is 1. The third-order valence-corrected chi connectivity index (χ3v) is 4.25. The Morgan fingerprint density at radius 1 is 1.26 bits per heavy atom. The molecule has 0 aromatic heterocycles. The number of carbonyl (C=O) groups excluding carboxylic acids is 2. The maximum Gasteiger partial charge on any atom is 0.303 e. The molecule has 1 fully saturated rings. The number of hydrogen-bond donors (Lipinski definition) is 2. The van der Waals surface area contributed by atoms with Crippen molar-refractivity contribution in [2.24, 2.45) is 0 Å². The van der Waals surface area contributed by atoms with E-state index in [4.69, 9.17) is 5.11 Å². The highest BCUT2D eigenvalue weighted by Crippen LogP contribution is 2.30. The van der Waals surface area contributed by atoms with Gasteiger partial charge in [0, 0.05) is 25.1 Å². The highest BCUT2D eigenvalue weighted by atomic mass is 16.4. The summed E-state index contributed by atoms with van der Waals surface area (Å²) < 4.78 is 0. The van der Waals surface area contributed by atoms with Crippen LogP contribution in [-0.4, -0.2) is 46.4 Å². The largest absolute Gasteiger partial charge is 0.481 e. The van der Waals surface area contributed by atoms with Gasteiger partial charge < -0.3 is 15.3 Å². The van der Waals surface area contributed by atoms with Gasteiger partial charge in [0.2, 0.25) is 5.91 Å². The van der Waals surface area contributed by atoms with Crippen LogP contribution in [0.25, 0.3) is 0 Å². The minimum atomic E-state index is -0.882. The molecule has 6 nitrogen and oxygen atoms in total. The third-order valence-electron chi connectivity index (χ3n) is 4.25. The number of amides is 2. The first-order valence-corrected chi connectivity index (χ1v) is 7.82. The van der Waals surface area contributed by atoms with Crippen LogP contribution in [0.5, 0.6) is 0 Å². The van der Waals surface area contributed by atoms with Gasteiger partial charge in [-0.1, -0.05) is 18.2 Å². The van der Waals surface area contributed by atoms with Crippen LogP contribution in [0.15, 0.2) is 30.3 Å². The highest BCUT2D eigenvalue weighted by molar-refractivity contribution is 5.99. The van der Waals surface area contributed by atoms with E-state index in [0.717, 1.165) is 6.42 Å². The van der Waals surface area contributed by atoms with Gasteiger partial charge in [-0.3, -0.25) is 14.4 Å². The van der Waals surface area contributed by atoms with E-state index in [0.29, 0.717) is 31.5 Å². The number of rotatable bonds is 6. The van der Waals surface area contributed by atoms with Crippen molar-refractivity contribution in [1.29, 1.82) is 0 Å². The summed E-state index contributed by atoms with van der Waals surface area (Å²) in [6.07, 6.45) is 1.78. The van der Waals surface area contributed by atoms with Crippen molar-refractivity contribution in [1.82, 2.24) is 10.2 Å². The zero-order valence-electron chi connectivity index (χ0n) is 13.2. The number of likely N-dealkylation sites (tertiary alicyclic amines) is 1. The minimum absolute atomic E-state index is 0.0175. The lowest BCUT2D eigenvalue weighted by Gasteiger charge is -2.34. The van der Waals surface area contributed by atoms with Crippen LogP contribution in [0.2, 0.25) is 0 Å². The van der Waals surface area contributed by atoms with Gasteiger partial charge in [0.15, 0.2) is 0 Å². The van der Waals surface area contributed by atoms with Gasteiger partial charge in [-0.05, 0) is 38.3 Å². The Hall–Kier alpha value is -2.37. The fraction of sp³-hybridized carbons (Fsp3) is 0.471. The zero-order chi connectivity index (χ0) is 16.9. The van der Waals surface area contributed by atoms with Gasteiger partial charge in [-0.25, -0.2) is 0 Å². The number of hydrogen-bond acceptors (Lipinski definition) is 3. The molecule has 2 N–H and O–H groups in total. The average Bonchev–Trinajstić information content (AvgIpc) is 2.94. The van der Waals surface area contributed by atoms with E-state index in [1.807, 2.05) is 6.07 Å². The Kier molecular flexibility index (Phi) is 5.36. The molecule has 0 saturated carbocycles. The molecular formula is C17H22N2O4. The lowest BCUT2D eigenvalue weighted by Crippen LogP contribution is -2.55. The van der Waals surface area contributed by atoms with Gasteiger partial charge in [0.25, 0.3) is 5.91 Å². The van der Waals surface area contributed by atoms with E-state index in [1.54, 1.807) is 36.1 Å². The van der Waals surface area contributed by atoms with Crippen LogP contribution in [0, 0.1) is 0 Å². The predicted molar refractivity (Wildman–Crippen MR) is 85.0 cm³/mol. The summed E-state index contributed by atoms with van der Waals surface area (Å²) in [5.74, 6) is -1.25. The van der Waals surface area contributed by atoms with Crippen LogP contribution in [0.1, 0.15) is 43.0 Å². The summed E-state index contributed by atoms with van der Waals surface area (Å²) in [7, 11) is 0. The average molecular weight is 318 g/mol. The summed E-state index contributed by atoms with van der Waals surface area (Å²) in [4.78, 5) is 37.3. The summed E-state index contributed by atoms with van der Waals surface area (Å²) in [5.41, 5.74) is -0.310. The van der Waals surface area contributed by atoms with Crippen LogP contribution in [0.3, 0.4) is 0 Å². The van der Waals surface area contributed by atoms with E-state index >= 15 is 0 Å². The highest BCUT2D eigenvalue weighted by Gasteiger charge is 2.45. The van der Waals surface area contributed by atoms with Crippen molar-refractivity contribution in [2.75, 3.05) is 13.1 Å². The number of carboxylic acid groups (broad SMARTS) is 1. The fourth-order valence-electron chi connectivity index (χ4n) is 2.89. The van der Waals surface area contributed by atoms with E-state index in [2.05, 4.69) is 5.32 Å². The maximum absolute atomic E-state index is 12.7. The molecule has 1 unspecified atom stereocenters. The second-order valence-electron chi connectivity index (χ2n) is 5.95. The van der Waals surface area contributed by atoms with Crippen molar-refractivity contribution in [3.8, 4) is 0 Å². The number of carbonyl (C=O) groups is 3. The molecule has 1 aromatic carbocycles. The SMILES string of the molecule is CC1(C(=O)NCCCC(=O)O)CCCN1C(=O)c1ccccc1. The van der Waals surface area contributed by atoms with Gasteiger partial charge in [0.05, 0.1) is 0 Å². The van der Waals surface area contributed by atoms with Gasteiger partial charge in [-0.15, -0.1) is 0 Å². The molecule has 2 amide bonds. The number of aliphatic carboxylic acids is 1. The molecule has 0 spiro atoms. The fourth-order valence-corrected chi connectivity index (χ4v) is 2.89. The first-order chi connectivity index (χ1) is 10.9. The lowest BCUT2D eigenvalue weighted by molar-refractivity contribution is -0.137. The molecule has 2 rings (SSSR count). The van der Waals surface area contributed by atoms with Crippen LogP contribution >= 0.6 is 0 Å². The monoisotopic (exact) mass is 318 g/mol. The first-order valence-electron chi connectivity index (χ1n) is 7.82. The van der Waals surface area contributed by atoms with E-state index in [9.17, 15) is 14.4 Å². The Balaban J connectivity index is 2.02. The molecule has 1 aliphatic heterocycles. The van der Waals surface area contributed by atoms with Crippen molar-refractivity contribution >= 4 is 17.8 Å². The van der Waals surface area contributed by atoms with E-state index < -0.39 is 11.5 Å². The van der Waals surface area contributed by atoms with Gasteiger partial charge in [-0.2, -0.15) is 0 Å². The molecule has 0 radical (unpaired) electrons. The molecule has 1 atom stereocenters. The van der Waals surface area contributed by atoms with Crippen LogP contribution < -0.4 is 5.32 Å². The Bertz CT molecular complexity index is 588. The molecule has 124 valence electrons. The molecule has 23 heavy (non-hydrogen) atoms. The lowest BCUT2D eigenvalue weighted by atomic mass is 9.96. The zero-order valence-corrected chi connectivity index (χ0v) is 13.2. The number of benzene rings is 1. The molecular weight excluding hydrogens is 296 g/mol. The van der Waals surface area contributed by atoms with E-state index in [-0.39, 0.29) is 18.2 Å². The topological polar surface area (TPSA) is 86.7 Å². The summed E-state index contributed by atoms with van der Waals surface area (Å²) >= 11 is 0. The second-order valence-corrected chi connectivity index (χ2v) is 5.95. The molecule has 1 aliphatic rings. The van der Waals surface area contributed by atoms with Crippen molar-refractivity contribution in [3.63, 3.8) is 0 Å². The molecule has 6 heteroatoms. The van der Waals surface area contributed by atoms with Crippen molar-refractivity contribution in [2.45, 2.75) is 38.1 Å². The van der Waals surface area contributed by atoms with Gasteiger partial charge >= 0.3 is 5.97 Å². The molecule has 1 heterocycles. The van der Waals surface area contributed by atoms with Crippen LogP contribution in [0.4, 0.5) is 0 Å². The third kappa shape index (κ3) is 3.88. The standard InChI is InChI=1S/C17H22N2O4/c1-17(16(23)18-11-5-9-14(20)21)10-6-12-19(17)15(22)13-7-3-2-4-8-13/h2-4,7-8H,5-6,9-12H2,1H3,(H,18,23)(H,20,21). The number of nitrogens with zero attached hydrogens (tertiary/aromatic N) is 1. The first kappa shape index (κ1) is 17.0. The molecule has 0 bridgehead atoms. The Labute approximate surface area is 135 Å².